The Labute approximate surface area is 174 Å². The van der Waals surface area contributed by atoms with E-state index in [1.165, 1.54) is 42.7 Å². The van der Waals surface area contributed by atoms with Crippen LogP contribution in [0.5, 0.6) is 0 Å². The van der Waals surface area contributed by atoms with Gasteiger partial charge in [0.25, 0.3) is 5.91 Å². The van der Waals surface area contributed by atoms with Crippen molar-refractivity contribution in [1.29, 1.82) is 0 Å². The summed E-state index contributed by atoms with van der Waals surface area (Å²) < 4.78 is 12.5. The van der Waals surface area contributed by atoms with Crippen LogP contribution in [0.25, 0.3) is 10.2 Å². The molecular weight excluding hydrogens is 423 g/mol. The van der Waals surface area contributed by atoms with Crippen molar-refractivity contribution in [2.24, 2.45) is 4.99 Å². The number of carbonyl (C=O) groups is 2. The van der Waals surface area contributed by atoms with Crippen LogP contribution in [-0.2, 0) is 16.0 Å². The minimum atomic E-state index is -0.468. The van der Waals surface area contributed by atoms with Crippen molar-refractivity contribution < 1.29 is 19.1 Å². The molecule has 0 spiro atoms. The van der Waals surface area contributed by atoms with E-state index in [0.717, 1.165) is 10.2 Å². The number of fused-ring (bicyclic) bond motifs is 1. The molecule has 0 radical (unpaired) electrons. The third-order valence-electron chi connectivity index (χ3n) is 3.96. The molecule has 146 valence electrons. The van der Waals surface area contributed by atoms with Crippen molar-refractivity contribution in [3.63, 3.8) is 0 Å². The van der Waals surface area contributed by atoms with Crippen LogP contribution < -0.4 is 4.80 Å². The largest absolute Gasteiger partial charge is 0.465 e. The highest BCUT2D eigenvalue weighted by atomic mass is 35.5. The van der Waals surface area contributed by atoms with Crippen LogP contribution in [0.3, 0.4) is 0 Å². The Hall–Kier alpha value is -2.19. The third kappa shape index (κ3) is 4.28. The lowest BCUT2D eigenvalue weighted by Crippen LogP contribution is -2.19. The molecule has 0 N–H and O–H groups in total. The Bertz CT molecular complexity index is 1100. The van der Waals surface area contributed by atoms with Crippen molar-refractivity contribution in [3.8, 4) is 0 Å². The lowest BCUT2D eigenvalue weighted by atomic mass is 10.1. The van der Waals surface area contributed by atoms with E-state index < -0.39 is 11.9 Å². The molecule has 0 atom stereocenters. The number of amides is 1. The Morgan fingerprint density at radius 1 is 1.11 bits per heavy atom. The number of ether oxygens (including phenoxy) is 2. The first-order valence-electron chi connectivity index (χ1n) is 8.19. The molecule has 0 unspecified atom stereocenters. The fourth-order valence-corrected chi connectivity index (χ4v) is 4.46. The molecule has 1 aromatic heterocycles. The number of nitrogens with zero attached hydrogens (tertiary/aromatic N) is 2. The number of benzene rings is 2. The average molecular weight is 439 g/mol. The second kappa shape index (κ2) is 8.87. The van der Waals surface area contributed by atoms with Gasteiger partial charge >= 0.3 is 5.97 Å². The summed E-state index contributed by atoms with van der Waals surface area (Å²) in [5.41, 5.74) is 1.46. The number of hydrogen-bond acceptors (Lipinski definition) is 5. The van der Waals surface area contributed by atoms with Crippen LogP contribution in [0.4, 0.5) is 0 Å². The summed E-state index contributed by atoms with van der Waals surface area (Å²) >= 11 is 13.8. The zero-order chi connectivity index (χ0) is 20.3. The minimum Gasteiger partial charge on any atom is -0.465 e. The lowest BCUT2D eigenvalue weighted by Gasteiger charge is -2.06. The summed E-state index contributed by atoms with van der Waals surface area (Å²) in [5.74, 6) is -0.902. The van der Waals surface area contributed by atoms with Gasteiger partial charge in [0.05, 0.1) is 34.5 Å². The molecule has 1 amide bonds. The normalized spacial score (nSPS) is 11.8. The standard InChI is InChI=1S/C19H16Cl2N2O4S/c1-26-8-7-23-16-14(21)9-13(20)10-15(16)28-19(23)22-17(24)11-3-5-12(6-4-11)18(25)27-2/h3-6,9-10H,7-8H2,1-2H3. The number of esters is 1. The van der Waals surface area contributed by atoms with Crippen LogP contribution in [0.1, 0.15) is 20.7 Å². The van der Waals surface area contributed by atoms with Crippen LogP contribution in [0.2, 0.25) is 10.0 Å². The molecule has 3 aromatic rings. The second-order valence-corrected chi connectivity index (χ2v) is 7.60. The Kier molecular flexibility index (Phi) is 6.51. The molecule has 0 bridgehead atoms. The van der Waals surface area contributed by atoms with Crippen molar-refractivity contribution in [2.75, 3.05) is 20.8 Å². The van der Waals surface area contributed by atoms with Crippen LogP contribution in [0.15, 0.2) is 41.4 Å². The number of thiazole rings is 1. The molecule has 0 aliphatic carbocycles. The highest BCUT2D eigenvalue weighted by Gasteiger charge is 2.13. The molecule has 0 aliphatic rings. The number of aromatic nitrogens is 1. The molecule has 9 heteroatoms. The molecule has 3 rings (SSSR count). The maximum Gasteiger partial charge on any atom is 0.337 e. The van der Waals surface area contributed by atoms with Gasteiger partial charge in [-0.05, 0) is 36.4 Å². The highest BCUT2D eigenvalue weighted by molar-refractivity contribution is 7.16. The van der Waals surface area contributed by atoms with Crippen molar-refractivity contribution >= 4 is 56.6 Å². The van der Waals surface area contributed by atoms with Gasteiger partial charge in [0.2, 0.25) is 0 Å². The smallest absolute Gasteiger partial charge is 0.337 e. The van der Waals surface area contributed by atoms with Gasteiger partial charge in [-0.15, -0.1) is 0 Å². The van der Waals surface area contributed by atoms with Gasteiger partial charge < -0.3 is 14.0 Å². The summed E-state index contributed by atoms with van der Waals surface area (Å²) in [6.07, 6.45) is 0. The van der Waals surface area contributed by atoms with Crippen molar-refractivity contribution in [3.05, 3.63) is 62.4 Å². The van der Waals surface area contributed by atoms with E-state index in [9.17, 15) is 9.59 Å². The molecule has 28 heavy (non-hydrogen) atoms. The van der Waals surface area contributed by atoms with E-state index in [4.69, 9.17) is 27.9 Å². The summed E-state index contributed by atoms with van der Waals surface area (Å²) in [6, 6.07) is 9.55. The van der Waals surface area contributed by atoms with Gasteiger partial charge in [-0.3, -0.25) is 4.79 Å². The van der Waals surface area contributed by atoms with Crippen molar-refractivity contribution in [2.45, 2.75) is 6.54 Å². The van der Waals surface area contributed by atoms with Gasteiger partial charge in [0.1, 0.15) is 0 Å². The van der Waals surface area contributed by atoms with Crippen LogP contribution in [-0.4, -0.2) is 37.3 Å². The van der Waals surface area contributed by atoms with E-state index in [1.54, 1.807) is 19.2 Å². The number of methoxy groups -OCH3 is 2. The first-order valence-corrected chi connectivity index (χ1v) is 9.76. The average Bonchev–Trinajstić information content (AvgIpc) is 3.02. The molecule has 6 nitrogen and oxygen atoms in total. The van der Waals surface area contributed by atoms with E-state index in [-0.39, 0.29) is 0 Å². The SMILES string of the molecule is COCCn1c(=NC(=O)c2ccc(C(=O)OC)cc2)sc2cc(Cl)cc(Cl)c21. The Balaban J connectivity index is 2.06. The van der Waals surface area contributed by atoms with Gasteiger partial charge in [0.15, 0.2) is 4.80 Å². The van der Waals surface area contributed by atoms with E-state index in [1.807, 2.05) is 4.57 Å². The molecule has 2 aromatic carbocycles. The fraction of sp³-hybridized carbons (Fsp3) is 0.211. The highest BCUT2D eigenvalue weighted by Crippen LogP contribution is 2.29. The first-order chi connectivity index (χ1) is 13.4. The van der Waals surface area contributed by atoms with Gasteiger partial charge in [-0.2, -0.15) is 4.99 Å². The first kappa shape index (κ1) is 20.5. The number of hydrogen-bond donors (Lipinski definition) is 0. The molecular formula is C19H16Cl2N2O4S. The van der Waals surface area contributed by atoms with E-state index in [2.05, 4.69) is 9.73 Å². The summed E-state index contributed by atoms with van der Waals surface area (Å²) in [5, 5.41) is 0.986. The Morgan fingerprint density at radius 2 is 1.79 bits per heavy atom. The topological polar surface area (TPSA) is 69.9 Å². The molecule has 0 saturated carbocycles. The lowest BCUT2D eigenvalue weighted by molar-refractivity contribution is 0.0600. The van der Waals surface area contributed by atoms with Gasteiger partial charge in [0, 0.05) is 24.2 Å². The summed E-state index contributed by atoms with van der Waals surface area (Å²) in [7, 11) is 2.90. The molecule has 0 fully saturated rings. The minimum absolute atomic E-state index is 0.354. The quantitative estimate of drug-likeness (QED) is 0.560. The maximum absolute atomic E-state index is 12.6. The summed E-state index contributed by atoms with van der Waals surface area (Å²) in [4.78, 5) is 28.9. The third-order valence-corrected chi connectivity index (χ3v) is 5.50. The molecule has 0 saturated heterocycles. The number of halogens is 2. The predicted octanol–water partition coefficient (Wildman–Crippen LogP) is 4.18. The molecule has 0 aliphatic heterocycles. The van der Waals surface area contributed by atoms with E-state index in [0.29, 0.717) is 39.1 Å². The monoisotopic (exact) mass is 438 g/mol. The van der Waals surface area contributed by atoms with Crippen LogP contribution >= 0.6 is 34.5 Å². The van der Waals surface area contributed by atoms with Gasteiger partial charge in [-0.25, -0.2) is 4.79 Å². The second-order valence-electron chi connectivity index (χ2n) is 5.75. The maximum atomic E-state index is 12.6. The molecule has 1 heterocycles. The van der Waals surface area contributed by atoms with Crippen LogP contribution in [0, 0.1) is 0 Å². The van der Waals surface area contributed by atoms with Gasteiger partial charge in [-0.1, -0.05) is 34.5 Å². The zero-order valence-electron chi connectivity index (χ0n) is 15.1. The zero-order valence-corrected chi connectivity index (χ0v) is 17.4. The van der Waals surface area contributed by atoms with Crippen molar-refractivity contribution in [1.82, 2.24) is 4.57 Å². The number of rotatable bonds is 5. The summed E-state index contributed by atoms with van der Waals surface area (Å²) in [6.45, 7) is 0.908. The number of carbonyl (C=O) groups excluding carboxylic acids is 2. The fourth-order valence-electron chi connectivity index (χ4n) is 2.62. The Morgan fingerprint density at radius 3 is 2.43 bits per heavy atom. The van der Waals surface area contributed by atoms with E-state index >= 15 is 0 Å². The predicted molar refractivity (Wildman–Crippen MR) is 109 cm³/mol.